The van der Waals surface area contributed by atoms with Crippen LogP contribution in [-0.4, -0.2) is 28.3 Å². The van der Waals surface area contributed by atoms with Crippen molar-refractivity contribution in [3.8, 4) is 107 Å². The molecular weight excluding hydrogens is 1440 g/mol. The Morgan fingerprint density at radius 2 is 0.638 bits per heavy atom. The van der Waals surface area contributed by atoms with Gasteiger partial charge in [-0.05, 0) is 261 Å². The maximum absolute atomic E-state index is 9.15. The molecule has 8 nitrogen and oxygen atoms in total. The molecule has 0 aliphatic carbocycles. The van der Waals surface area contributed by atoms with Crippen LogP contribution in [0.1, 0.15) is 33.3 Å². The molecule has 1 aliphatic heterocycles. The lowest BCUT2D eigenvalue weighted by molar-refractivity contribution is 0.00578. The van der Waals surface area contributed by atoms with Gasteiger partial charge >= 0.3 is 7.12 Å². The molecule has 0 spiro atoms. The van der Waals surface area contributed by atoms with Crippen molar-refractivity contribution in [2.75, 3.05) is 0 Å². The highest BCUT2D eigenvalue weighted by Gasteiger charge is 2.52. The summed E-state index contributed by atoms with van der Waals surface area (Å²) in [5, 5.41) is 24.5. The number of hydrogen-bond donors (Lipinski definition) is 0. The van der Waals surface area contributed by atoms with Crippen LogP contribution in [0.15, 0.2) is 373 Å². The van der Waals surface area contributed by atoms with Gasteiger partial charge in [0.15, 0.2) is 16.9 Å². The van der Waals surface area contributed by atoms with Crippen LogP contribution in [0.2, 0.25) is 5.02 Å². The summed E-state index contributed by atoms with van der Waals surface area (Å²) in [7, 11) is -0.394. The number of rotatable bonds is 10. The first-order chi connectivity index (χ1) is 56.7. The summed E-state index contributed by atoms with van der Waals surface area (Å²) in [4.78, 5) is 13.0. The van der Waals surface area contributed by atoms with Crippen LogP contribution >= 0.6 is 11.6 Å². The van der Waals surface area contributed by atoms with Crippen molar-refractivity contribution in [1.82, 2.24) is 9.97 Å². The zero-order chi connectivity index (χ0) is 78.6. The van der Waals surface area contributed by atoms with Crippen LogP contribution in [0.4, 0.5) is 5.69 Å². The number of fused-ring (bicyclic) bond motifs is 10. The van der Waals surface area contributed by atoms with Crippen molar-refractivity contribution in [1.29, 1.82) is 5.26 Å². The van der Waals surface area contributed by atoms with Gasteiger partial charge < -0.3 is 18.1 Å². The number of nitriles is 1. The Kier molecular flexibility index (Phi) is 18.6. The third-order valence-corrected chi connectivity index (χ3v) is 23.2. The van der Waals surface area contributed by atoms with Gasteiger partial charge in [-0.3, -0.25) is 0 Å². The molecule has 2 aromatic heterocycles. The van der Waals surface area contributed by atoms with Crippen molar-refractivity contribution < 1.29 is 18.1 Å². The fraction of sp³-hybridized carbons (Fsp3) is 0.0566. The van der Waals surface area contributed by atoms with E-state index in [1.54, 1.807) is 0 Å². The monoisotopic (exact) mass is 1510 g/mol. The maximum Gasteiger partial charge on any atom is 0.495 e. The van der Waals surface area contributed by atoms with E-state index in [1.165, 1.54) is 87.1 Å². The molecule has 0 atom stereocenters. The zero-order valence-corrected chi connectivity index (χ0v) is 64.8. The van der Waals surface area contributed by atoms with E-state index in [0.29, 0.717) is 28.1 Å². The van der Waals surface area contributed by atoms with E-state index in [0.717, 1.165) is 94.2 Å². The predicted octanol–water partition coefficient (Wildman–Crippen LogP) is 28.6. The smallest absolute Gasteiger partial charge is 0.436 e. The summed E-state index contributed by atoms with van der Waals surface area (Å²) in [6, 6.07) is 128. The van der Waals surface area contributed by atoms with Gasteiger partial charge in [0, 0.05) is 16.1 Å². The Bertz CT molecular complexity index is 7270. The van der Waals surface area contributed by atoms with Gasteiger partial charge in [-0.25, -0.2) is 14.8 Å². The molecule has 1 fully saturated rings. The number of hydrogen-bond acceptors (Lipinski definition) is 7. The zero-order valence-electron chi connectivity index (χ0n) is 64.0. The highest BCUT2D eigenvalue weighted by atomic mass is 35.5. The van der Waals surface area contributed by atoms with Crippen LogP contribution < -0.4 is 5.46 Å². The van der Waals surface area contributed by atoms with Crippen LogP contribution in [0.3, 0.4) is 0 Å². The maximum atomic E-state index is 9.15. The van der Waals surface area contributed by atoms with Crippen molar-refractivity contribution in [3.63, 3.8) is 0 Å². The lowest BCUT2D eigenvalue weighted by Crippen LogP contribution is -2.41. The van der Waals surface area contributed by atoms with Crippen molar-refractivity contribution in [2.45, 2.75) is 38.9 Å². The third-order valence-electron chi connectivity index (χ3n) is 22.9. The minimum atomic E-state index is -0.394. The summed E-state index contributed by atoms with van der Waals surface area (Å²) in [5.74, 6) is 1.21. The van der Waals surface area contributed by atoms with E-state index in [2.05, 4.69) is 329 Å². The first kappa shape index (κ1) is 72.0. The highest BCUT2D eigenvalue weighted by molar-refractivity contribution is 6.65. The summed E-state index contributed by atoms with van der Waals surface area (Å²) in [6.45, 7) is 15.5. The first-order valence-electron chi connectivity index (χ1n) is 38.8. The van der Waals surface area contributed by atoms with Gasteiger partial charge in [0.1, 0.15) is 11.0 Å². The number of nitrogens with zero attached hydrogens (tertiary/aromatic N) is 4. The summed E-state index contributed by atoms with van der Waals surface area (Å²) in [6.07, 6.45) is 0. The van der Waals surface area contributed by atoms with Crippen LogP contribution in [0.25, 0.3) is 192 Å². The number of oxazole rings is 2. The van der Waals surface area contributed by atoms with Gasteiger partial charge in [0.25, 0.3) is 0 Å². The molecule has 10 heteroatoms. The molecule has 18 aromatic carbocycles. The average molecular weight is 1510 g/mol. The minimum Gasteiger partial charge on any atom is -0.436 e. The molecule has 0 amide bonds. The molecule has 116 heavy (non-hydrogen) atoms. The van der Waals surface area contributed by atoms with E-state index in [1.807, 2.05) is 78.9 Å². The highest BCUT2D eigenvalue weighted by Crippen LogP contribution is 2.44. The van der Waals surface area contributed by atoms with Gasteiger partial charge in [-0.1, -0.05) is 291 Å². The Morgan fingerprint density at radius 3 is 1.05 bits per heavy atom. The van der Waals surface area contributed by atoms with Crippen LogP contribution in [-0.2, 0) is 9.31 Å². The largest absolute Gasteiger partial charge is 0.495 e. The van der Waals surface area contributed by atoms with Gasteiger partial charge in [-0.2, -0.15) is 5.26 Å². The standard InChI is InChI=1S/C50H30N2O.C29H26BNO2.C27H16ClNO/c51-31-32-13-15-33(16-14-32)34-17-19-35(20-18-34)41-26-27-42(45-11-4-3-10-44(41)45)36-21-23-37(24-22-36)50-52-48-28-25-39(30-49(48)53-50)47-29-38-7-1-2-8-40(38)43-9-5-6-12-46(43)47;1-28(2)29(3,4)33-30(32-28)27-19-18-24(25-8-6-7-9-26(25)27)22-12-10-20(11-13-22)21-14-16-23(31-5)17-15-21;28-20-12-9-17(10-13-20)27-29-25-14-11-19(16-26(25)30-27)24-15-18-5-1-2-6-21(18)22-7-3-4-8-23(22)24/h1-30H;6-19H,1-4H3;1-16H. The average Bonchev–Trinajstić information content (AvgIpc) is 1.54. The summed E-state index contributed by atoms with van der Waals surface area (Å²) in [5.41, 5.74) is 22.7. The fourth-order valence-corrected chi connectivity index (χ4v) is 16.2. The minimum absolute atomic E-state index is 0.375. The molecule has 550 valence electrons. The molecule has 0 radical (unpaired) electrons. The molecule has 0 saturated carbocycles. The van der Waals surface area contributed by atoms with E-state index >= 15 is 0 Å². The lowest BCUT2D eigenvalue weighted by atomic mass is 9.75. The Hall–Kier alpha value is -14.3. The van der Waals surface area contributed by atoms with Gasteiger partial charge in [0.05, 0.1) is 29.4 Å². The number of halogens is 1. The number of aromatic nitrogens is 2. The molecule has 21 rings (SSSR count). The van der Waals surface area contributed by atoms with Crippen molar-refractivity contribution in [3.05, 3.63) is 386 Å². The molecule has 0 bridgehead atoms. The fourth-order valence-electron chi connectivity index (χ4n) is 16.1. The second kappa shape index (κ2) is 30.0. The lowest BCUT2D eigenvalue weighted by Gasteiger charge is -2.32. The quantitative estimate of drug-likeness (QED) is 0.0764. The molecule has 1 saturated heterocycles. The third kappa shape index (κ3) is 13.7. The molecule has 20 aromatic rings. The van der Waals surface area contributed by atoms with E-state index in [9.17, 15) is 0 Å². The molecule has 3 heterocycles. The van der Waals surface area contributed by atoms with E-state index < -0.39 is 7.12 Å². The van der Waals surface area contributed by atoms with Crippen molar-refractivity contribution >= 4 is 117 Å². The first-order valence-corrected chi connectivity index (χ1v) is 39.2. The van der Waals surface area contributed by atoms with Crippen LogP contribution in [0.5, 0.6) is 0 Å². The predicted molar refractivity (Wildman–Crippen MR) is 480 cm³/mol. The second-order valence-electron chi connectivity index (χ2n) is 30.4. The normalized spacial score (nSPS) is 12.9. The second-order valence-corrected chi connectivity index (χ2v) is 30.9. The van der Waals surface area contributed by atoms with Crippen molar-refractivity contribution in [2.24, 2.45) is 0 Å². The Labute approximate surface area is 677 Å². The molecule has 1 aliphatic rings. The van der Waals surface area contributed by atoms with Gasteiger partial charge in [0.2, 0.25) is 11.8 Å². The summed E-state index contributed by atoms with van der Waals surface area (Å²) < 4.78 is 25.2. The topological polar surface area (TPSA) is 98.7 Å². The van der Waals surface area contributed by atoms with Crippen LogP contribution in [0, 0.1) is 17.9 Å². The molecule has 0 N–H and O–H groups in total. The van der Waals surface area contributed by atoms with Gasteiger partial charge in [-0.15, -0.1) is 0 Å². The molecule has 0 unspecified atom stereocenters. The molecular formula is C106H72BClN4O4. The van der Waals surface area contributed by atoms with E-state index in [-0.39, 0.29) is 11.2 Å². The summed E-state index contributed by atoms with van der Waals surface area (Å²) >= 11 is 6.00. The number of benzene rings is 18. The Morgan fingerprint density at radius 1 is 0.319 bits per heavy atom. The SMILES string of the molecule is Clc1ccc(-c2nc3ccc(-c4cc5ccccc5c5ccccc45)cc3o2)cc1.N#Cc1ccc(-c2ccc(-c3ccc(-c4ccc(-c5nc6ccc(-c7cc8ccccc8c8ccccc78)cc6o5)cc4)c4ccccc34)cc2)cc1.[C-]#[N+]c1ccc(-c2ccc(-c3ccc(B4OC(C)(C)C(C)(C)O4)c4ccccc34)cc2)cc1. The Balaban J connectivity index is 0.000000123. The van der Waals surface area contributed by atoms with E-state index in [4.69, 9.17) is 46.6 Å².